The first-order valence-electron chi connectivity index (χ1n) is 5.89. The molecule has 1 amide bonds. The molecule has 1 saturated carbocycles. The first-order chi connectivity index (χ1) is 7.25. The van der Waals surface area contributed by atoms with Crippen molar-refractivity contribution in [3.05, 3.63) is 0 Å². The van der Waals surface area contributed by atoms with E-state index in [1.807, 2.05) is 11.8 Å². The van der Waals surface area contributed by atoms with Crippen molar-refractivity contribution in [1.29, 1.82) is 0 Å². The molecule has 0 spiro atoms. The summed E-state index contributed by atoms with van der Waals surface area (Å²) in [6.07, 6.45) is 5.24. The Bertz CT molecular complexity index is 229. The topological polar surface area (TPSA) is 55.1 Å². The summed E-state index contributed by atoms with van der Waals surface area (Å²) in [6.45, 7) is 0. The third kappa shape index (κ3) is 3.11. The lowest BCUT2D eigenvalue weighted by molar-refractivity contribution is -0.126. The Morgan fingerprint density at radius 1 is 1.33 bits per heavy atom. The minimum absolute atomic E-state index is 0.180. The summed E-state index contributed by atoms with van der Waals surface area (Å²) in [6, 6.07) is 0.660. The lowest BCUT2D eigenvalue weighted by Gasteiger charge is -2.26. The maximum Gasteiger partial charge on any atom is 0.223 e. The van der Waals surface area contributed by atoms with Crippen molar-refractivity contribution in [3.8, 4) is 0 Å². The smallest absolute Gasteiger partial charge is 0.223 e. The van der Waals surface area contributed by atoms with Gasteiger partial charge in [0.1, 0.15) is 0 Å². The fourth-order valence-electron chi connectivity index (χ4n) is 2.43. The normalized spacial score (nSPS) is 36.5. The predicted molar refractivity (Wildman–Crippen MR) is 63.8 cm³/mol. The van der Waals surface area contributed by atoms with E-state index in [-0.39, 0.29) is 17.9 Å². The molecule has 3 N–H and O–H groups in total. The van der Waals surface area contributed by atoms with Crippen molar-refractivity contribution < 1.29 is 4.79 Å². The molecular formula is C11H20N2OS. The van der Waals surface area contributed by atoms with Crippen molar-refractivity contribution >= 4 is 17.7 Å². The monoisotopic (exact) mass is 228 g/mol. The van der Waals surface area contributed by atoms with E-state index in [9.17, 15) is 4.79 Å². The summed E-state index contributed by atoms with van der Waals surface area (Å²) in [7, 11) is 0. The number of nitrogens with two attached hydrogens (primary N) is 1. The highest BCUT2D eigenvalue weighted by Crippen LogP contribution is 2.24. The van der Waals surface area contributed by atoms with Gasteiger partial charge in [-0.2, -0.15) is 11.8 Å². The fourth-order valence-corrected chi connectivity index (χ4v) is 3.59. The highest BCUT2D eigenvalue weighted by atomic mass is 32.2. The number of rotatable bonds is 2. The van der Waals surface area contributed by atoms with Crippen molar-refractivity contribution in [1.82, 2.24) is 5.32 Å². The van der Waals surface area contributed by atoms with E-state index in [2.05, 4.69) is 5.32 Å². The van der Waals surface area contributed by atoms with Gasteiger partial charge in [0.15, 0.2) is 0 Å². The summed E-state index contributed by atoms with van der Waals surface area (Å²) in [5.74, 6) is 2.71. The minimum atomic E-state index is 0.180. The van der Waals surface area contributed by atoms with E-state index in [0.29, 0.717) is 6.04 Å². The van der Waals surface area contributed by atoms with Crippen LogP contribution in [0.2, 0.25) is 0 Å². The van der Waals surface area contributed by atoms with Crippen LogP contribution in [-0.2, 0) is 4.79 Å². The molecule has 1 heterocycles. The molecule has 0 aromatic heterocycles. The Morgan fingerprint density at radius 2 is 2.20 bits per heavy atom. The Balaban J connectivity index is 1.78. The van der Waals surface area contributed by atoms with E-state index < -0.39 is 0 Å². The molecule has 1 aliphatic carbocycles. The van der Waals surface area contributed by atoms with Crippen LogP contribution in [0.25, 0.3) is 0 Å². The Labute approximate surface area is 95.6 Å². The number of carbonyl (C=O) groups excluding carboxylic acids is 1. The van der Waals surface area contributed by atoms with E-state index in [1.54, 1.807) is 0 Å². The molecule has 0 aromatic rings. The molecule has 3 unspecified atom stereocenters. The highest BCUT2D eigenvalue weighted by Gasteiger charge is 2.27. The molecule has 1 saturated heterocycles. The van der Waals surface area contributed by atoms with Crippen molar-refractivity contribution in [2.75, 3.05) is 11.5 Å². The minimum Gasteiger partial charge on any atom is -0.352 e. The standard InChI is InChI=1S/C11H20N2OS/c12-9-3-1-2-8(6-9)11(14)13-10-4-5-15-7-10/h8-10H,1-7,12H2,(H,13,14). The Hall–Kier alpha value is -0.220. The molecule has 0 aromatic carbocycles. The molecule has 4 heteroatoms. The summed E-state index contributed by atoms with van der Waals surface area (Å²) in [4.78, 5) is 11.9. The van der Waals surface area contributed by atoms with Gasteiger partial charge in [-0.15, -0.1) is 0 Å². The van der Waals surface area contributed by atoms with Gasteiger partial charge in [0.05, 0.1) is 0 Å². The summed E-state index contributed by atoms with van der Waals surface area (Å²) >= 11 is 1.93. The second-order valence-electron chi connectivity index (χ2n) is 4.69. The lowest BCUT2D eigenvalue weighted by atomic mass is 9.85. The number of thioether (sulfide) groups is 1. The molecule has 15 heavy (non-hydrogen) atoms. The molecule has 86 valence electrons. The molecule has 1 aliphatic heterocycles. The molecule has 0 bridgehead atoms. The van der Waals surface area contributed by atoms with Gasteiger partial charge < -0.3 is 11.1 Å². The summed E-state index contributed by atoms with van der Waals surface area (Å²) in [5, 5.41) is 3.15. The van der Waals surface area contributed by atoms with Crippen molar-refractivity contribution in [3.63, 3.8) is 0 Å². The van der Waals surface area contributed by atoms with E-state index in [4.69, 9.17) is 5.73 Å². The third-order valence-electron chi connectivity index (χ3n) is 3.36. The zero-order valence-electron chi connectivity index (χ0n) is 9.08. The molecule has 3 nitrogen and oxygen atoms in total. The number of amides is 1. The zero-order chi connectivity index (χ0) is 10.7. The second kappa shape index (κ2) is 5.21. The van der Waals surface area contributed by atoms with Crippen LogP contribution in [0.1, 0.15) is 32.1 Å². The zero-order valence-corrected chi connectivity index (χ0v) is 9.89. The van der Waals surface area contributed by atoms with Crippen LogP contribution < -0.4 is 11.1 Å². The van der Waals surface area contributed by atoms with Gasteiger partial charge in [-0.1, -0.05) is 6.42 Å². The SMILES string of the molecule is NC1CCCC(C(=O)NC2CCSC2)C1. The maximum absolute atomic E-state index is 11.9. The van der Waals surface area contributed by atoms with Crippen LogP contribution in [-0.4, -0.2) is 29.5 Å². The van der Waals surface area contributed by atoms with Gasteiger partial charge in [-0.25, -0.2) is 0 Å². The average Bonchev–Trinajstić information content (AvgIpc) is 2.70. The Morgan fingerprint density at radius 3 is 2.87 bits per heavy atom. The largest absolute Gasteiger partial charge is 0.352 e. The molecule has 3 atom stereocenters. The van der Waals surface area contributed by atoms with Crippen molar-refractivity contribution in [2.45, 2.75) is 44.2 Å². The van der Waals surface area contributed by atoms with Crippen LogP contribution in [0, 0.1) is 5.92 Å². The van der Waals surface area contributed by atoms with E-state index in [1.165, 1.54) is 5.75 Å². The first kappa shape index (κ1) is 11.3. The summed E-state index contributed by atoms with van der Waals surface area (Å²) < 4.78 is 0. The van der Waals surface area contributed by atoms with Gasteiger partial charge in [-0.3, -0.25) is 4.79 Å². The number of nitrogens with one attached hydrogen (secondary N) is 1. The molecular weight excluding hydrogens is 208 g/mol. The van der Waals surface area contributed by atoms with Crippen LogP contribution in [0.5, 0.6) is 0 Å². The van der Waals surface area contributed by atoms with Gasteiger partial charge >= 0.3 is 0 Å². The number of hydrogen-bond donors (Lipinski definition) is 2. The van der Waals surface area contributed by atoms with Gasteiger partial charge in [0.25, 0.3) is 0 Å². The average molecular weight is 228 g/mol. The summed E-state index contributed by atoms with van der Waals surface area (Å²) in [5.41, 5.74) is 5.89. The van der Waals surface area contributed by atoms with Gasteiger partial charge in [-0.05, 0) is 31.4 Å². The molecule has 2 rings (SSSR count). The second-order valence-corrected chi connectivity index (χ2v) is 5.84. The predicted octanol–water partition coefficient (Wildman–Crippen LogP) is 1.13. The van der Waals surface area contributed by atoms with Crippen LogP contribution in [0.3, 0.4) is 0 Å². The quantitative estimate of drug-likeness (QED) is 0.745. The Kier molecular flexibility index (Phi) is 3.92. The lowest BCUT2D eigenvalue weighted by Crippen LogP contribution is -2.42. The molecule has 0 radical (unpaired) electrons. The molecule has 2 fully saturated rings. The van der Waals surface area contributed by atoms with Gasteiger partial charge in [0, 0.05) is 23.8 Å². The first-order valence-corrected chi connectivity index (χ1v) is 7.05. The molecule has 2 aliphatic rings. The maximum atomic E-state index is 11.9. The van der Waals surface area contributed by atoms with Crippen molar-refractivity contribution in [2.24, 2.45) is 11.7 Å². The van der Waals surface area contributed by atoms with Crippen LogP contribution in [0.4, 0.5) is 0 Å². The van der Waals surface area contributed by atoms with E-state index in [0.717, 1.165) is 37.9 Å². The van der Waals surface area contributed by atoms with Crippen LogP contribution >= 0.6 is 11.8 Å². The number of hydrogen-bond acceptors (Lipinski definition) is 3. The van der Waals surface area contributed by atoms with Gasteiger partial charge in [0.2, 0.25) is 5.91 Å². The fraction of sp³-hybridized carbons (Fsp3) is 0.909. The van der Waals surface area contributed by atoms with E-state index >= 15 is 0 Å². The number of carbonyl (C=O) groups is 1. The van der Waals surface area contributed by atoms with Crippen LogP contribution in [0.15, 0.2) is 0 Å². The highest BCUT2D eigenvalue weighted by molar-refractivity contribution is 7.99. The third-order valence-corrected chi connectivity index (χ3v) is 4.52.